The summed E-state index contributed by atoms with van der Waals surface area (Å²) in [5.74, 6) is 0. The lowest BCUT2D eigenvalue weighted by molar-refractivity contribution is 0.126. The van der Waals surface area contributed by atoms with Crippen LogP contribution in [0.25, 0.3) is 0 Å². The zero-order valence-electron chi connectivity index (χ0n) is 14.3. The maximum atomic E-state index is 12.0. The maximum absolute atomic E-state index is 12.0. The molecule has 0 aromatic carbocycles. The van der Waals surface area contributed by atoms with Gasteiger partial charge in [0.25, 0.3) is 5.56 Å². The highest BCUT2D eigenvalue weighted by Gasteiger charge is 2.18. The Hall–Kier alpha value is -1.70. The van der Waals surface area contributed by atoms with Crippen LogP contribution in [-0.2, 0) is 27.1 Å². The van der Waals surface area contributed by atoms with Crippen LogP contribution in [0.2, 0.25) is 0 Å². The quantitative estimate of drug-likeness (QED) is 0.790. The highest BCUT2D eigenvalue weighted by Crippen LogP contribution is 2.11. The summed E-state index contributed by atoms with van der Waals surface area (Å²) in [5.41, 5.74) is 0.296. The molecule has 7 heteroatoms. The lowest BCUT2D eigenvalue weighted by Gasteiger charge is -2.34. The second kappa shape index (κ2) is 7.46. The highest BCUT2D eigenvalue weighted by atomic mass is 32.1. The average Bonchev–Trinajstić information content (AvgIpc) is 3.11. The SMILES string of the molecule is Cn1c(CN2CCN(CCc3cccs3)CC2)cc(=O)n(C)c1=O. The van der Waals surface area contributed by atoms with Crippen molar-refractivity contribution in [1.82, 2.24) is 18.9 Å². The van der Waals surface area contributed by atoms with E-state index in [1.54, 1.807) is 17.7 Å². The van der Waals surface area contributed by atoms with Gasteiger partial charge in [0.1, 0.15) is 0 Å². The Bertz CT molecular complexity index is 786. The largest absolute Gasteiger partial charge is 0.330 e. The molecule has 6 nitrogen and oxygen atoms in total. The number of nitrogens with zero attached hydrogens (tertiary/aromatic N) is 4. The lowest BCUT2D eigenvalue weighted by atomic mass is 10.2. The first-order valence-corrected chi connectivity index (χ1v) is 9.15. The first-order valence-electron chi connectivity index (χ1n) is 8.27. The summed E-state index contributed by atoms with van der Waals surface area (Å²) in [6, 6.07) is 5.87. The number of aromatic nitrogens is 2. The van der Waals surface area contributed by atoms with Crippen LogP contribution in [-0.4, -0.2) is 51.7 Å². The van der Waals surface area contributed by atoms with Gasteiger partial charge < -0.3 is 4.90 Å². The molecular weight excluding hydrogens is 324 g/mol. The molecule has 0 aliphatic carbocycles. The Kier molecular flexibility index (Phi) is 5.33. The summed E-state index contributed by atoms with van der Waals surface area (Å²) in [6.07, 6.45) is 1.11. The zero-order chi connectivity index (χ0) is 17.1. The van der Waals surface area contributed by atoms with E-state index in [9.17, 15) is 9.59 Å². The highest BCUT2D eigenvalue weighted by molar-refractivity contribution is 7.09. The monoisotopic (exact) mass is 348 g/mol. The molecule has 2 aromatic rings. The van der Waals surface area contributed by atoms with Crippen molar-refractivity contribution in [3.05, 3.63) is 55.0 Å². The van der Waals surface area contributed by atoms with Gasteiger partial charge in [-0.15, -0.1) is 11.3 Å². The van der Waals surface area contributed by atoms with E-state index in [0.717, 1.165) is 49.4 Å². The van der Waals surface area contributed by atoms with Gasteiger partial charge in [-0.1, -0.05) is 6.07 Å². The zero-order valence-corrected chi connectivity index (χ0v) is 15.1. The van der Waals surface area contributed by atoms with Crippen LogP contribution in [0.1, 0.15) is 10.6 Å². The molecule has 1 saturated heterocycles. The lowest BCUT2D eigenvalue weighted by Crippen LogP contribution is -2.47. The third-order valence-electron chi connectivity index (χ3n) is 4.73. The van der Waals surface area contributed by atoms with E-state index in [4.69, 9.17) is 0 Å². The second-order valence-electron chi connectivity index (χ2n) is 6.32. The predicted octanol–water partition coefficient (Wildman–Crippen LogP) is 0.506. The summed E-state index contributed by atoms with van der Waals surface area (Å²) in [7, 11) is 3.25. The van der Waals surface area contributed by atoms with Crippen molar-refractivity contribution in [1.29, 1.82) is 0 Å². The Balaban J connectivity index is 1.54. The first-order chi connectivity index (χ1) is 11.5. The maximum Gasteiger partial charge on any atom is 0.330 e. The minimum atomic E-state index is -0.257. The third kappa shape index (κ3) is 3.85. The van der Waals surface area contributed by atoms with Crippen molar-refractivity contribution in [3.63, 3.8) is 0 Å². The molecule has 1 fully saturated rings. The minimum Gasteiger partial charge on any atom is -0.300 e. The molecular formula is C17H24N4O2S. The van der Waals surface area contributed by atoms with Crippen molar-refractivity contribution < 1.29 is 0 Å². The molecule has 0 unspecified atom stereocenters. The molecule has 0 spiro atoms. The Morgan fingerprint density at radius 2 is 1.75 bits per heavy atom. The van der Waals surface area contributed by atoms with E-state index >= 15 is 0 Å². The van der Waals surface area contributed by atoms with Gasteiger partial charge in [0.05, 0.1) is 0 Å². The third-order valence-corrected chi connectivity index (χ3v) is 5.67. The number of hydrogen-bond donors (Lipinski definition) is 0. The summed E-state index contributed by atoms with van der Waals surface area (Å²) >= 11 is 1.82. The van der Waals surface area contributed by atoms with Gasteiger partial charge in [-0.2, -0.15) is 0 Å². The standard InChI is InChI=1S/C17H24N4O2S/c1-18-14(12-16(22)19(2)17(18)23)13-21-9-7-20(8-10-21)6-5-15-4-3-11-24-15/h3-4,11-12H,5-10,13H2,1-2H3. The fourth-order valence-electron chi connectivity index (χ4n) is 3.05. The van der Waals surface area contributed by atoms with Gasteiger partial charge in [0.15, 0.2) is 0 Å². The predicted molar refractivity (Wildman–Crippen MR) is 96.7 cm³/mol. The van der Waals surface area contributed by atoms with E-state index in [2.05, 4.69) is 27.3 Å². The van der Waals surface area contributed by atoms with E-state index in [-0.39, 0.29) is 11.2 Å². The molecule has 130 valence electrons. The van der Waals surface area contributed by atoms with Gasteiger partial charge in [0, 0.05) is 70.0 Å². The summed E-state index contributed by atoms with van der Waals surface area (Å²) in [4.78, 5) is 30.1. The Labute approximate surface area is 145 Å². The van der Waals surface area contributed by atoms with E-state index < -0.39 is 0 Å². The van der Waals surface area contributed by atoms with Crippen molar-refractivity contribution in [3.8, 4) is 0 Å². The van der Waals surface area contributed by atoms with E-state index in [1.165, 1.54) is 11.9 Å². The number of thiophene rings is 1. The fourth-order valence-corrected chi connectivity index (χ4v) is 3.75. The molecule has 2 aromatic heterocycles. The summed E-state index contributed by atoms with van der Waals surface area (Å²) < 4.78 is 2.72. The molecule has 1 aliphatic heterocycles. The van der Waals surface area contributed by atoms with Crippen molar-refractivity contribution >= 4 is 11.3 Å². The van der Waals surface area contributed by atoms with Crippen molar-refractivity contribution in [2.75, 3.05) is 32.7 Å². The molecule has 1 aliphatic rings. The molecule has 0 atom stereocenters. The van der Waals surface area contributed by atoms with Crippen LogP contribution >= 0.6 is 11.3 Å². The molecule has 0 N–H and O–H groups in total. The van der Waals surface area contributed by atoms with Gasteiger partial charge >= 0.3 is 5.69 Å². The van der Waals surface area contributed by atoms with Gasteiger partial charge in [-0.25, -0.2) is 4.79 Å². The number of hydrogen-bond acceptors (Lipinski definition) is 5. The molecule has 0 radical (unpaired) electrons. The Morgan fingerprint density at radius 1 is 1.04 bits per heavy atom. The normalized spacial score (nSPS) is 16.6. The summed E-state index contributed by atoms with van der Waals surface area (Å²) in [6.45, 7) is 5.75. The molecule has 0 saturated carbocycles. The van der Waals surface area contributed by atoms with Crippen LogP contribution < -0.4 is 11.2 Å². The number of rotatable bonds is 5. The average molecular weight is 348 g/mol. The van der Waals surface area contributed by atoms with Crippen LogP contribution in [0.3, 0.4) is 0 Å². The van der Waals surface area contributed by atoms with Crippen LogP contribution in [0, 0.1) is 0 Å². The van der Waals surface area contributed by atoms with E-state index in [1.807, 2.05) is 11.3 Å². The Morgan fingerprint density at radius 3 is 2.42 bits per heavy atom. The second-order valence-corrected chi connectivity index (χ2v) is 7.35. The van der Waals surface area contributed by atoms with Crippen LogP contribution in [0.5, 0.6) is 0 Å². The topological polar surface area (TPSA) is 50.5 Å². The van der Waals surface area contributed by atoms with Gasteiger partial charge in [-0.3, -0.25) is 18.8 Å². The smallest absolute Gasteiger partial charge is 0.300 e. The van der Waals surface area contributed by atoms with E-state index in [0.29, 0.717) is 6.54 Å². The number of piperazine rings is 1. The van der Waals surface area contributed by atoms with Crippen LogP contribution in [0.4, 0.5) is 0 Å². The first kappa shape index (κ1) is 17.1. The molecule has 0 amide bonds. The van der Waals surface area contributed by atoms with Crippen LogP contribution in [0.15, 0.2) is 33.2 Å². The molecule has 0 bridgehead atoms. The minimum absolute atomic E-state index is 0.234. The summed E-state index contributed by atoms with van der Waals surface area (Å²) in [5, 5.41) is 2.13. The van der Waals surface area contributed by atoms with Crippen molar-refractivity contribution in [2.24, 2.45) is 14.1 Å². The fraction of sp³-hybridized carbons (Fsp3) is 0.529. The van der Waals surface area contributed by atoms with Crippen molar-refractivity contribution in [2.45, 2.75) is 13.0 Å². The molecule has 3 heterocycles. The molecule has 24 heavy (non-hydrogen) atoms. The molecule has 3 rings (SSSR count). The van der Waals surface area contributed by atoms with Gasteiger partial charge in [0.2, 0.25) is 0 Å². The van der Waals surface area contributed by atoms with Gasteiger partial charge in [-0.05, 0) is 17.9 Å².